The third-order valence-electron chi connectivity index (χ3n) is 4.77. The van der Waals surface area contributed by atoms with Gasteiger partial charge < -0.3 is 5.32 Å². The molecule has 1 aliphatic carbocycles. The van der Waals surface area contributed by atoms with Crippen molar-refractivity contribution in [1.82, 2.24) is 14.5 Å². The number of fused-ring (bicyclic) bond motifs is 1. The zero-order valence-electron chi connectivity index (χ0n) is 13.8. The van der Waals surface area contributed by atoms with E-state index in [0.29, 0.717) is 25.6 Å². The van der Waals surface area contributed by atoms with Crippen LogP contribution in [0.2, 0.25) is 0 Å². The fourth-order valence-corrected chi connectivity index (χ4v) is 3.55. The van der Waals surface area contributed by atoms with Crippen LogP contribution in [0, 0.1) is 0 Å². The van der Waals surface area contributed by atoms with Crippen molar-refractivity contribution in [2.45, 2.75) is 64.6 Å². The molecule has 1 heterocycles. The van der Waals surface area contributed by atoms with E-state index < -0.39 is 0 Å². The van der Waals surface area contributed by atoms with Crippen LogP contribution in [0.4, 0.5) is 0 Å². The monoisotopic (exact) mass is 315 g/mol. The van der Waals surface area contributed by atoms with Crippen LogP contribution >= 0.6 is 0 Å². The highest BCUT2D eigenvalue weighted by molar-refractivity contribution is 5.78. The summed E-state index contributed by atoms with van der Waals surface area (Å²) in [6, 6.07) is 8.10. The van der Waals surface area contributed by atoms with Gasteiger partial charge in [-0.25, -0.2) is 4.79 Å². The first-order valence-corrected chi connectivity index (χ1v) is 8.68. The molecule has 0 unspecified atom stereocenters. The van der Waals surface area contributed by atoms with Crippen LogP contribution in [0.25, 0.3) is 11.0 Å². The van der Waals surface area contributed by atoms with Gasteiger partial charge in [0.25, 0.3) is 0 Å². The Hall–Kier alpha value is -2.04. The minimum absolute atomic E-state index is 0.0285. The summed E-state index contributed by atoms with van der Waals surface area (Å²) in [7, 11) is 0. The Morgan fingerprint density at radius 3 is 2.43 bits per heavy atom. The lowest BCUT2D eigenvalue weighted by atomic mass is 9.95. The maximum absolute atomic E-state index is 12.5. The van der Waals surface area contributed by atoms with Crippen molar-refractivity contribution in [3.05, 3.63) is 34.7 Å². The molecule has 0 spiro atoms. The summed E-state index contributed by atoms with van der Waals surface area (Å²) in [6.07, 6.45) is 6.21. The number of hydrogen-bond donors (Lipinski definition) is 1. The Labute approximate surface area is 136 Å². The summed E-state index contributed by atoms with van der Waals surface area (Å²) in [5.74, 6) is 0.0529. The van der Waals surface area contributed by atoms with Crippen LogP contribution in [0.15, 0.2) is 29.1 Å². The molecule has 0 bridgehead atoms. The second kappa shape index (κ2) is 7.02. The molecule has 23 heavy (non-hydrogen) atoms. The maximum Gasteiger partial charge on any atom is 0.329 e. The van der Waals surface area contributed by atoms with Crippen molar-refractivity contribution in [2.24, 2.45) is 0 Å². The summed E-state index contributed by atoms with van der Waals surface area (Å²) >= 11 is 0. The van der Waals surface area contributed by atoms with E-state index in [4.69, 9.17) is 0 Å². The highest BCUT2D eigenvalue weighted by Crippen LogP contribution is 2.17. The smallest absolute Gasteiger partial charge is 0.329 e. The number of benzene rings is 1. The number of carbonyl (C=O) groups is 1. The Morgan fingerprint density at radius 1 is 1.13 bits per heavy atom. The molecule has 1 aromatic carbocycles. The fraction of sp³-hybridized carbons (Fsp3) is 0.556. The lowest BCUT2D eigenvalue weighted by molar-refractivity contribution is -0.122. The molecule has 2 aromatic rings. The summed E-state index contributed by atoms with van der Waals surface area (Å²) in [5, 5.41) is 3.12. The number of nitrogens with one attached hydrogen (secondary N) is 1. The average Bonchev–Trinajstić information content (AvgIpc) is 2.85. The molecule has 1 aromatic heterocycles. The number of carbonyl (C=O) groups excluding carboxylic acids is 1. The number of nitrogens with zero attached hydrogens (tertiary/aromatic N) is 2. The quantitative estimate of drug-likeness (QED) is 0.922. The highest BCUT2D eigenvalue weighted by atomic mass is 16.2. The molecule has 5 heteroatoms. The maximum atomic E-state index is 12.5. The first-order chi connectivity index (χ1) is 11.2. The largest absolute Gasteiger partial charge is 0.353 e. The minimum Gasteiger partial charge on any atom is -0.353 e. The summed E-state index contributed by atoms with van der Waals surface area (Å²) in [5.41, 5.74) is 1.82. The van der Waals surface area contributed by atoms with Crippen molar-refractivity contribution >= 4 is 16.9 Å². The molecule has 0 atom stereocenters. The molecule has 5 nitrogen and oxygen atoms in total. The third kappa shape index (κ3) is 3.33. The molecule has 124 valence electrons. The SMILES string of the molecule is CCn1c(=O)n(CCC(=O)NC2CCCCC2)c2ccccc21. The Morgan fingerprint density at radius 2 is 1.78 bits per heavy atom. The van der Waals surface area contributed by atoms with Crippen molar-refractivity contribution in [2.75, 3.05) is 0 Å². The van der Waals surface area contributed by atoms with Crippen LogP contribution in [0.1, 0.15) is 45.4 Å². The lowest BCUT2D eigenvalue weighted by Gasteiger charge is -2.22. The summed E-state index contributed by atoms with van der Waals surface area (Å²) in [4.78, 5) is 24.7. The van der Waals surface area contributed by atoms with Gasteiger partial charge in [0.1, 0.15) is 0 Å². The number of aryl methyl sites for hydroxylation is 2. The first kappa shape index (κ1) is 15.8. The molecule has 1 amide bonds. The van der Waals surface area contributed by atoms with Crippen molar-refractivity contribution in [3.63, 3.8) is 0 Å². The average molecular weight is 315 g/mol. The van der Waals surface area contributed by atoms with E-state index in [-0.39, 0.29) is 11.6 Å². The van der Waals surface area contributed by atoms with Crippen molar-refractivity contribution < 1.29 is 4.79 Å². The molecular formula is C18H25N3O2. The zero-order valence-corrected chi connectivity index (χ0v) is 13.8. The molecule has 1 saturated carbocycles. The van der Waals surface area contributed by atoms with Gasteiger partial charge in [-0.05, 0) is 31.9 Å². The van der Waals surface area contributed by atoms with Crippen molar-refractivity contribution in [3.8, 4) is 0 Å². The molecule has 0 saturated heterocycles. The second-order valence-corrected chi connectivity index (χ2v) is 6.32. The number of rotatable bonds is 5. The van der Waals surface area contributed by atoms with Crippen LogP contribution in [-0.4, -0.2) is 21.1 Å². The Kier molecular flexibility index (Phi) is 4.84. The van der Waals surface area contributed by atoms with Gasteiger partial charge in [0.2, 0.25) is 5.91 Å². The first-order valence-electron chi connectivity index (χ1n) is 8.68. The van der Waals surface area contributed by atoms with Gasteiger partial charge in [-0.3, -0.25) is 13.9 Å². The van der Waals surface area contributed by atoms with Crippen LogP contribution < -0.4 is 11.0 Å². The molecule has 1 aliphatic rings. The fourth-order valence-electron chi connectivity index (χ4n) is 3.55. The third-order valence-corrected chi connectivity index (χ3v) is 4.77. The van der Waals surface area contributed by atoms with Crippen LogP contribution in [0.5, 0.6) is 0 Å². The van der Waals surface area contributed by atoms with E-state index in [2.05, 4.69) is 5.32 Å². The van der Waals surface area contributed by atoms with E-state index >= 15 is 0 Å². The standard InChI is InChI=1S/C18H25N3O2/c1-2-20-15-10-6-7-11-16(15)21(18(20)23)13-12-17(22)19-14-8-4-3-5-9-14/h6-7,10-11,14H,2-5,8-9,12-13H2,1H3,(H,19,22). The topological polar surface area (TPSA) is 56.0 Å². The summed E-state index contributed by atoms with van der Waals surface area (Å²) < 4.78 is 3.48. The van der Waals surface area contributed by atoms with Gasteiger partial charge in [0.15, 0.2) is 0 Å². The van der Waals surface area contributed by atoms with E-state index in [9.17, 15) is 9.59 Å². The summed E-state index contributed by atoms with van der Waals surface area (Å²) in [6.45, 7) is 3.04. The molecule has 1 N–H and O–H groups in total. The number of hydrogen-bond acceptors (Lipinski definition) is 2. The van der Waals surface area contributed by atoms with E-state index in [1.807, 2.05) is 31.2 Å². The van der Waals surface area contributed by atoms with E-state index in [1.54, 1.807) is 9.13 Å². The van der Waals surface area contributed by atoms with Gasteiger partial charge in [-0.1, -0.05) is 31.4 Å². The van der Waals surface area contributed by atoms with Crippen LogP contribution in [0.3, 0.4) is 0 Å². The zero-order chi connectivity index (χ0) is 16.2. The van der Waals surface area contributed by atoms with Crippen LogP contribution in [-0.2, 0) is 17.9 Å². The highest BCUT2D eigenvalue weighted by Gasteiger charge is 2.17. The number of aromatic nitrogens is 2. The van der Waals surface area contributed by atoms with Gasteiger partial charge in [-0.15, -0.1) is 0 Å². The molecule has 0 aliphatic heterocycles. The number of para-hydroxylation sites is 2. The van der Waals surface area contributed by atoms with Gasteiger partial charge in [0, 0.05) is 25.6 Å². The number of amides is 1. The lowest BCUT2D eigenvalue weighted by Crippen LogP contribution is -2.37. The predicted octanol–water partition coefficient (Wildman–Crippen LogP) is 2.66. The van der Waals surface area contributed by atoms with Gasteiger partial charge in [0.05, 0.1) is 11.0 Å². The molecule has 1 fully saturated rings. The van der Waals surface area contributed by atoms with E-state index in [1.165, 1.54) is 19.3 Å². The molecular weight excluding hydrogens is 290 g/mol. The molecule has 0 radical (unpaired) electrons. The Bertz CT molecular complexity index is 738. The normalized spacial score (nSPS) is 15.9. The Balaban J connectivity index is 1.70. The minimum atomic E-state index is -0.0285. The van der Waals surface area contributed by atoms with Gasteiger partial charge >= 0.3 is 5.69 Å². The second-order valence-electron chi connectivity index (χ2n) is 6.32. The number of imidazole rings is 1. The van der Waals surface area contributed by atoms with Gasteiger partial charge in [-0.2, -0.15) is 0 Å². The van der Waals surface area contributed by atoms with Crippen molar-refractivity contribution in [1.29, 1.82) is 0 Å². The predicted molar refractivity (Wildman–Crippen MR) is 91.5 cm³/mol. The molecule has 3 rings (SSSR count). The van der Waals surface area contributed by atoms with E-state index in [0.717, 1.165) is 23.9 Å².